The van der Waals surface area contributed by atoms with E-state index in [9.17, 15) is 4.79 Å². The van der Waals surface area contributed by atoms with Crippen molar-refractivity contribution in [1.82, 2.24) is 19.4 Å². The molecule has 0 radical (unpaired) electrons. The van der Waals surface area contributed by atoms with Crippen LogP contribution in [0, 0.1) is 0 Å². The number of nitrogens with two attached hydrogens (primary N) is 1. The highest BCUT2D eigenvalue weighted by Gasteiger charge is 2.38. The third kappa shape index (κ3) is 3.88. The van der Waals surface area contributed by atoms with Crippen molar-refractivity contribution in [2.24, 2.45) is 12.8 Å². The zero-order valence-corrected chi connectivity index (χ0v) is 15.8. The molecule has 7 nitrogen and oxygen atoms in total. The topological polar surface area (TPSA) is 86.3 Å². The van der Waals surface area contributed by atoms with Gasteiger partial charge in [-0.15, -0.1) is 0 Å². The normalized spacial score (nSPS) is 20.9. The van der Waals surface area contributed by atoms with Crippen molar-refractivity contribution in [2.45, 2.75) is 51.3 Å². The van der Waals surface area contributed by atoms with Crippen LogP contribution in [0.4, 0.5) is 4.79 Å². The van der Waals surface area contributed by atoms with Crippen LogP contribution in [0.1, 0.15) is 45.3 Å². The van der Waals surface area contributed by atoms with Crippen LogP contribution in [-0.2, 0) is 11.8 Å². The highest BCUT2D eigenvalue weighted by molar-refractivity contribution is 5.70. The van der Waals surface area contributed by atoms with Crippen molar-refractivity contribution < 1.29 is 9.53 Å². The average molecular weight is 357 g/mol. The molecule has 2 N–H and O–H groups in total. The highest BCUT2D eigenvalue weighted by Crippen LogP contribution is 2.35. The Morgan fingerprint density at radius 3 is 2.77 bits per heavy atom. The summed E-state index contributed by atoms with van der Waals surface area (Å²) in [6.45, 7) is 6.20. The number of likely N-dealkylation sites (tertiary alicyclic amines) is 1. The highest BCUT2D eigenvalue weighted by atomic mass is 16.6. The third-order valence-electron chi connectivity index (χ3n) is 4.41. The number of piperidine rings is 1. The summed E-state index contributed by atoms with van der Waals surface area (Å²) in [5.41, 5.74) is 8.36. The predicted octanol–water partition coefficient (Wildman–Crippen LogP) is 2.88. The summed E-state index contributed by atoms with van der Waals surface area (Å²) in [7, 11) is 1.92. The second-order valence-electron chi connectivity index (χ2n) is 7.79. The predicted molar refractivity (Wildman–Crippen MR) is 99.3 cm³/mol. The van der Waals surface area contributed by atoms with Gasteiger partial charge in [-0.1, -0.05) is 0 Å². The Morgan fingerprint density at radius 2 is 2.12 bits per heavy atom. The average Bonchev–Trinajstić information content (AvgIpc) is 2.99. The lowest BCUT2D eigenvalue weighted by molar-refractivity contribution is 0.00596. The molecular formula is C19H27N5O2. The number of aromatic nitrogens is 3. The minimum atomic E-state index is -0.558. The van der Waals surface area contributed by atoms with Gasteiger partial charge in [0.2, 0.25) is 0 Å². The number of nitrogens with zero attached hydrogens (tertiary/aromatic N) is 4. The summed E-state index contributed by atoms with van der Waals surface area (Å²) in [4.78, 5) is 23.5. The molecule has 1 fully saturated rings. The first-order valence-corrected chi connectivity index (χ1v) is 8.95. The maximum Gasteiger partial charge on any atom is 0.410 e. The number of pyridine rings is 1. The molecule has 26 heavy (non-hydrogen) atoms. The minimum absolute atomic E-state index is 0.200. The van der Waals surface area contributed by atoms with Crippen LogP contribution in [0.3, 0.4) is 0 Å². The van der Waals surface area contributed by atoms with Gasteiger partial charge in [-0.3, -0.25) is 9.88 Å². The molecule has 2 aromatic heterocycles. The number of rotatable bonds is 2. The molecule has 1 unspecified atom stereocenters. The number of carbonyl (C=O) groups is 1. The first-order chi connectivity index (χ1) is 12.3. The molecule has 3 heterocycles. The number of hydrogen-bond donors (Lipinski definition) is 1. The van der Waals surface area contributed by atoms with E-state index in [0.29, 0.717) is 6.54 Å². The number of carbonyl (C=O) groups excluding carboxylic acids is 1. The fourth-order valence-corrected chi connectivity index (χ4v) is 3.32. The molecule has 0 bridgehead atoms. The van der Waals surface area contributed by atoms with Gasteiger partial charge in [-0.05, 0) is 45.7 Å². The van der Waals surface area contributed by atoms with Crippen molar-refractivity contribution >= 4 is 6.09 Å². The summed E-state index contributed by atoms with van der Waals surface area (Å²) in [6.07, 6.45) is 6.75. The van der Waals surface area contributed by atoms with Crippen molar-refractivity contribution in [1.29, 1.82) is 0 Å². The Labute approximate surface area is 154 Å². The quantitative estimate of drug-likeness (QED) is 0.893. The van der Waals surface area contributed by atoms with E-state index in [2.05, 4.69) is 9.97 Å². The van der Waals surface area contributed by atoms with Gasteiger partial charge in [0.25, 0.3) is 0 Å². The van der Waals surface area contributed by atoms with Crippen molar-refractivity contribution in [3.05, 3.63) is 36.5 Å². The van der Waals surface area contributed by atoms with E-state index in [1.807, 2.05) is 50.7 Å². The number of hydrogen-bond acceptors (Lipinski definition) is 5. The molecule has 1 aliphatic heterocycles. The molecule has 0 aromatic carbocycles. The smallest absolute Gasteiger partial charge is 0.410 e. The van der Waals surface area contributed by atoms with E-state index in [-0.39, 0.29) is 18.2 Å². The first-order valence-electron chi connectivity index (χ1n) is 8.95. The summed E-state index contributed by atoms with van der Waals surface area (Å²) in [6, 6.07) is 3.31. The molecule has 1 amide bonds. The van der Waals surface area contributed by atoms with E-state index in [0.717, 1.165) is 29.8 Å². The van der Waals surface area contributed by atoms with Gasteiger partial charge in [-0.2, -0.15) is 0 Å². The van der Waals surface area contributed by atoms with E-state index in [1.54, 1.807) is 17.4 Å². The molecule has 7 heteroatoms. The Bertz CT molecular complexity index is 780. The first kappa shape index (κ1) is 18.4. The molecule has 2 atom stereocenters. The number of aryl methyl sites for hydroxylation is 1. The number of imidazole rings is 1. The Morgan fingerprint density at radius 1 is 1.35 bits per heavy atom. The summed E-state index contributed by atoms with van der Waals surface area (Å²) in [5.74, 6) is 0. The Kier molecular flexibility index (Phi) is 5.00. The maximum atomic E-state index is 12.8. The molecule has 1 saturated heterocycles. The van der Waals surface area contributed by atoms with Gasteiger partial charge in [0.1, 0.15) is 5.60 Å². The van der Waals surface area contributed by atoms with Crippen molar-refractivity contribution in [2.75, 3.05) is 6.54 Å². The lowest BCUT2D eigenvalue weighted by Crippen LogP contribution is -2.50. The van der Waals surface area contributed by atoms with E-state index < -0.39 is 5.60 Å². The Hall–Kier alpha value is -2.41. The standard InChI is InChI=1S/C19H27N5O2/c1-19(2,3)26-18(25)24-10-6-8-14(20)17(24)16-13(7-5-9-21-16)15-11-23(4)12-22-15/h5,7,9,11-12,14,17H,6,8,10,20H2,1-4H3/t14-,17?/m1/s1. The molecule has 2 aromatic rings. The fraction of sp³-hybridized carbons (Fsp3) is 0.526. The Balaban J connectivity index is 2.00. The van der Waals surface area contributed by atoms with E-state index in [1.165, 1.54) is 0 Å². The van der Waals surface area contributed by atoms with Gasteiger partial charge < -0.3 is 15.0 Å². The summed E-state index contributed by atoms with van der Waals surface area (Å²) in [5, 5.41) is 0. The van der Waals surface area contributed by atoms with Crippen molar-refractivity contribution in [3.8, 4) is 11.3 Å². The molecule has 0 spiro atoms. The second-order valence-corrected chi connectivity index (χ2v) is 7.79. The SMILES string of the molecule is Cn1cnc(-c2cccnc2C2[C@H](N)CCCN2C(=O)OC(C)(C)C)c1. The van der Waals surface area contributed by atoms with Crippen LogP contribution in [0.15, 0.2) is 30.9 Å². The van der Waals surface area contributed by atoms with Gasteiger partial charge >= 0.3 is 6.09 Å². The van der Waals surface area contributed by atoms with Crippen LogP contribution < -0.4 is 5.73 Å². The van der Waals surface area contributed by atoms with E-state index >= 15 is 0 Å². The lowest BCUT2D eigenvalue weighted by atomic mass is 9.91. The zero-order valence-electron chi connectivity index (χ0n) is 15.8. The fourth-order valence-electron chi connectivity index (χ4n) is 3.32. The monoisotopic (exact) mass is 357 g/mol. The van der Waals surface area contributed by atoms with Crippen LogP contribution in [0.2, 0.25) is 0 Å². The second kappa shape index (κ2) is 7.07. The number of amides is 1. The van der Waals surface area contributed by atoms with Gasteiger partial charge in [0.05, 0.1) is 23.8 Å². The van der Waals surface area contributed by atoms with Crippen LogP contribution in [-0.4, -0.2) is 43.7 Å². The lowest BCUT2D eigenvalue weighted by Gasteiger charge is -2.40. The molecule has 0 aliphatic carbocycles. The molecular weight excluding hydrogens is 330 g/mol. The molecule has 140 valence electrons. The summed E-state index contributed by atoms with van der Waals surface area (Å²) >= 11 is 0. The van der Waals surface area contributed by atoms with Crippen LogP contribution in [0.25, 0.3) is 11.3 Å². The van der Waals surface area contributed by atoms with Crippen LogP contribution >= 0.6 is 0 Å². The summed E-state index contributed by atoms with van der Waals surface area (Å²) < 4.78 is 7.50. The van der Waals surface area contributed by atoms with Gasteiger partial charge in [-0.25, -0.2) is 9.78 Å². The van der Waals surface area contributed by atoms with Gasteiger partial charge in [0.15, 0.2) is 0 Å². The largest absolute Gasteiger partial charge is 0.444 e. The number of ether oxygens (including phenoxy) is 1. The van der Waals surface area contributed by atoms with Gasteiger partial charge in [0, 0.05) is 37.6 Å². The molecule has 1 aliphatic rings. The van der Waals surface area contributed by atoms with Crippen molar-refractivity contribution in [3.63, 3.8) is 0 Å². The third-order valence-corrected chi connectivity index (χ3v) is 4.41. The van der Waals surface area contributed by atoms with E-state index in [4.69, 9.17) is 10.5 Å². The zero-order chi connectivity index (χ0) is 18.9. The maximum absolute atomic E-state index is 12.8. The van der Waals surface area contributed by atoms with Crippen LogP contribution in [0.5, 0.6) is 0 Å². The minimum Gasteiger partial charge on any atom is -0.444 e. The molecule has 0 saturated carbocycles. The molecule has 3 rings (SSSR count).